The number of aliphatic hydroxyl groups is 1. The van der Waals surface area contributed by atoms with E-state index in [9.17, 15) is 22.7 Å². The van der Waals surface area contributed by atoms with Crippen LogP contribution in [0.4, 0.5) is 10.1 Å². The van der Waals surface area contributed by atoms with Crippen LogP contribution in [0.5, 0.6) is 0 Å². The smallest absolute Gasteiger partial charge is 0.264 e. The predicted octanol–water partition coefficient (Wildman–Crippen LogP) is 2.10. The van der Waals surface area contributed by atoms with Crippen molar-refractivity contribution in [3.05, 3.63) is 59.9 Å². The third-order valence-corrected chi connectivity index (χ3v) is 8.02. The summed E-state index contributed by atoms with van der Waals surface area (Å²) in [6.07, 6.45) is 1.69. The summed E-state index contributed by atoms with van der Waals surface area (Å²) in [6.45, 7) is -0.0327. The van der Waals surface area contributed by atoms with E-state index in [-0.39, 0.29) is 47.9 Å². The van der Waals surface area contributed by atoms with E-state index in [1.165, 1.54) is 16.4 Å². The van der Waals surface area contributed by atoms with Crippen LogP contribution in [0.3, 0.4) is 0 Å². The lowest BCUT2D eigenvalue weighted by molar-refractivity contribution is -0.151. The maximum Gasteiger partial charge on any atom is 0.264 e. The van der Waals surface area contributed by atoms with Crippen LogP contribution >= 0.6 is 0 Å². The maximum atomic E-state index is 13.4. The molecule has 1 aliphatic carbocycles. The van der Waals surface area contributed by atoms with Crippen LogP contribution in [0, 0.1) is 11.7 Å². The number of halogens is 1. The topological polar surface area (TPSA) is 77.9 Å². The highest BCUT2D eigenvalue weighted by Crippen LogP contribution is 2.51. The minimum atomic E-state index is -3.93. The number of amides is 1. The molecule has 2 aromatic carbocycles. The first-order valence-electron chi connectivity index (χ1n) is 9.73. The van der Waals surface area contributed by atoms with Gasteiger partial charge in [0.2, 0.25) is 5.91 Å². The molecule has 5 rings (SSSR count). The van der Waals surface area contributed by atoms with Crippen LogP contribution in [-0.2, 0) is 14.8 Å². The standard InChI is InChI=1S/C21H21FN2O4S/c22-14-7-9-15(10-8-14)29(27,28)23-11-18-20(16-3-1-2-4-17(16)23)19(12-25)24(18)21(26)13-5-6-13/h1-4,7-10,13,18-20,25H,5-6,11-12H2/t18-,19+,20+/m1/s1. The van der Waals surface area contributed by atoms with Crippen molar-refractivity contribution in [2.75, 3.05) is 17.5 Å². The third kappa shape index (κ3) is 2.77. The number of fused-ring (bicyclic) bond motifs is 3. The van der Waals surface area contributed by atoms with Gasteiger partial charge in [0, 0.05) is 11.8 Å². The minimum Gasteiger partial charge on any atom is -0.394 e. The van der Waals surface area contributed by atoms with E-state index in [0.29, 0.717) is 5.69 Å². The Morgan fingerprint density at radius 2 is 1.79 bits per heavy atom. The van der Waals surface area contributed by atoms with Crippen molar-refractivity contribution in [2.45, 2.75) is 35.7 Å². The fourth-order valence-corrected chi connectivity index (χ4v) is 6.17. The number of rotatable bonds is 4. The molecule has 1 N–H and O–H groups in total. The Bertz CT molecular complexity index is 1070. The van der Waals surface area contributed by atoms with Gasteiger partial charge in [0.05, 0.1) is 35.8 Å². The summed E-state index contributed by atoms with van der Waals surface area (Å²) in [7, 11) is -3.93. The van der Waals surface area contributed by atoms with E-state index in [0.717, 1.165) is 30.5 Å². The van der Waals surface area contributed by atoms with Crippen LogP contribution in [-0.4, -0.2) is 49.6 Å². The Morgan fingerprint density at radius 3 is 2.45 bits per heavy atom. The van der Waals surface area contributed by atoms with E-state index >= 15 is 0 Å². The third-order valence-electron chi connectivity index (χ3n) is 6.23. The number of para-hydroxylation sites is 1. The number of hydrogen-bond acceptors (Lipinski definition) is 4. The molecule has 6 nitrogen and oxygen atoms in total. The Labute approximate surface area is 168 Å². The number of anilines is 1. The number of carbonyl (C=O) groups is 1. The largest absolute Gasteiger partial charge is 0.394 e. The van der Waals surface area contributed by atoms with Crippen LogP contribution in [0.1, 0.15) is 24.3 Å². The molecule has 29 heavy (non-hydrogen) atoms. The summed E-state index contributed by atoms with van der Waals surface area (Å²) in [5.74, 6) is -0.610. The molecule has 1 amide bonds. The molecular formula is C21H21FN2O4S. The second-order valence-electron chi connectivity index (χ2n) is 7.91. The molecule has 0 spiro atoms. The Balaban J connectivity index is 1.57. The summed E-state index contributed by atoms with van der Waals surface area (Å²) in [5.41, 5.74) is 1.36. The van der Waals surface area contributed by atoms with Crippen molar-refractivity contribution in [1.29, 1.82) is 0 Å². The van der Waals surface area contributed by atoms with E-state index < -0.39 is 15.8 Å². The Morgan fingerprint density at radius 1 is 1.10 bits per heavy atom. The van der Waals surface area contributed by atoms with Gasteiger partial charge in [0.15, 0.2) is 0 Å². The van der Waals surface area contributed by atoms with E-state index in [2.05, 4.69) is 0 Å². The monoisotopic (exact) mass is 416 g/mol. The first-order valence-corrected chi connectivity index (χ1v) is 11.2. The fourth-order valence-electron chi connectivity index (χ4n) is 4.66. The number of benzene rings is 2. The molecule has 0 aromatic heterocycles. The van der Waals surface area contributed by atoms with Crippen LogP contribution in [0.2, 0.25) is 0 Å². The Kier molecular flexibility index (Phi) is 4.18. The molecule has 0 radical (unpaired) electrons. The van der Waals surface area contributed by atoms with E-state index in [4.69, 9.17) is 0 Å². The molecular weight excluding hydrogens is 395 g/mol. The predicted molar refractivity (Wildman–Crippen MR) is 104 cm³/mol. The molecule has 152 valence electrons. The van der Waals surface area contributed by atoms with Crippen molar-refractivity contribution >= 4 is 21.6 Å². The van der Waals surface area contributed by atoms with Gasteiger partial charge in [-0.25, -0.2) is 12.8 Å². The molecule has 2 fully saturated rings. The molecule has 1 saturated carbocycles. The van der Waals surface area contributed by atoms with Crippen LogP contribution in [0.15, 0.2) is 53.4 Å². The lowest BCUT2D eigenvalue weighted by atomic mass is 9.72. The lowest BCUT2D eigenvalue weighted by Crippen LogP contribution is -2.71. The molecule has 3 atom stereocenters. The van der Waals surface area contributed by atoms with E-state index in [1.54, 1.807) is 17.0 Å². The zero-order chi connectivity index (χ0) is 20.3. The second-order valence-corrected chi connectivity index (χ2v) is 9.77. The van der Waals surface area contributed by atoms with Gasteiger partial charge in [-0.3, -0.25) is 9.10 Å². The Hall–Kier alpha value is -2.45. The molecule has 2 heterocycles. The highest BCUT2D eigenvalue weighted by Gasteiger charge is 2.57. The van der Waals surface area contributed by atoms with Gasteiger partial charge in [0.1, 0.15) is 5.82 Å². The normalized spacial score (nSPS) is 25.8. The zero-order valence-electron chi connectivity index (χ0n) is 15.6. The average Bonchev–Trinajstić information content (AvgIpc) is 3.54. The van der Waals surface area contributed by atoms with Gasteiger partial charge in [-0.05, 0) is 48.7 Å². The number of carbonyl (C=O) groups excluding carboxylic acids is 1. The second kappa shape index (κ2) is 6.53. The van der Waals surface area contributed by atoms with Gasteiger partial charge < -0.3 is 10.0 Å². The van der Waals surface area contributed by atoms with Gasteiger partial charge >= 0.3 is 0 Å². The van der Waals surface area contributed by atoms with Crippen LogP contribution < -0.4 is 4.31 Å². The quantitative estimate of drug-likeness (QED) is 0.828. The first kappa shape index (κ1) is 18.6. The summed E-state index contributed by atoms with van der Waals surface area (Å²) in [6, 6.07) is 11.3. The minimum absolute atomic E-state index is 0.00353. The molecule has 0 bridgehead atoms. The highest BCUT2D eigenvalue weighted by molar-refractivity contribution is 7.92. The molecule has 8 heteroatoms. The lowest BCUT2D eigenvalue weighted by Gasteiger charge is -2.59. The number of aliphatic hydroxyl groups excluding tert-OH is 1. The molecule has 1 saturated heterocycles. The van der Waals surface area contributed by atoms with Crippen molar-refractivity contribution in [3.8, 4) is 0 Å². The SMILES string of the molecule is O=C(C1CC1)N1[C@@H]2CN(S(=O)(=O)c3ccc(F)cc3)c3ccccc3[C@@H]2[C@@H]1CO. The number of nitrogens with zero attached hydrogens (tertiary/aromatic N) is 2. The first-order chi connectivity index (χ1) is 13.9. The van der Waals surface area contributed by atoms with Gasteiger partial charge in [-0.2, -0.15) is 0 Å². The summed E-state index contributed by atoms with van der Waals surface area (Å²) < 4.78 is 41.3. The zero-order valence-corrected chi connectivity index (χ0v) is 16.4. The van der Waals surface area contributed by atoms with Gasteiger partial charge in [0.25, 0.3) is 10.0 Å². The summed E-state index contributed by atoms with van der Waals surface area (Å²) in [5, 5.41) is 9.94. The van der Waals surface area contributed by atoms with Crippen LogP contribution in [0.25, 0.3) is 0 Å². The van der Waals surface area contributed by atoms with Gasteiger partial charge in [-0.1, -0.05) is 18.2 Å². The van der Waals surface area contributed by atoms with Crippen molar-refractivity contribution in [2.24, 2.45) is 5.92 Å². The molecule has 2 aromatic rings. The number of sulfonamides is 1. The summed E-state index contributed by atoms with van der Waals surface area (Å²) in [4.78, 5) is 14.5. The maximum absolute atomic E-state index is 13.4. The van der Waals surface area contributed by atoms with Crippen molar-refractivity contribution in [3.63, 3.8) is 0 Å². The number of hydrogen-bond donors (Lipinski definition) is 1. The molecule has 0 unspecified atom stereocenters. The fraction of sp³-hybridized carbons (Fsp3) is 0.381. The molecule has 2 aliphatic heterocycles. The van der Waals surface area contributed by atoms with E-state index in [1.807, 2.05) is 12.1 Å². The van der Waals surface area contributed by atoms with Gasteiger partial charge in [-0.15, -0.1) is 0 Å². The highest BCUT2D eigenvalue weighted by atomic mass is 32.2. The van der Waals surface area contributed by atoms with Crippen molar-refractivity contribution < 1.29 is 22.7 Å². The average molecular weight is 416 g/mol. The number of likely N-dealkylation sites (tertiary alicyclic amines) is 1. The molecule has 3 aliphatic rings. The summed E-state index contributed by atoms with van der Waals surface area (Å²) >= 11 is 0. The van der Waals surface area contributed by atoms with Crippen molar-refractivity contribution in [1.82, 2.24) is 4.90 Å².